The van der Waals surface area contributed by atoms with E-state index in [4.69, 9.17) is 30.8 Å². The van der Waals surface area contributed by atoms with Crippen molar-refractivity contribution in [1.82, 2.24) is 15.0 Å². The van der Waals surface area contributed by atoms with Crippen LogP contribution < -0.4 is 29.4 Å². The van der Waals surface area contributed by atoms with Gasteiger partial charge in [-0.2, -0.15) is 20.1 Å². The third kappa shape index (κ3) is 7.70. The minimum Gasteiger partial charge on any atom is -0.490 e. The van der Waals surface area contributed by atoms with Gasteiger partial charge in [-0.25, -0.2) is 5.43 Å². The van der Waals surface area contributed by atoms with Crippen molar-refractivity contribution in [2.45, 2.75) is 46.5 Å². The van der Waals surface area contributed by atoms with E-state index in [1.807, 2.05) is 39.0 Å². The molecule has 0 atom stereocenters. The van der Waals surface area contributed by atoms with Crippen molar-refractivity contribution in [2.75, 3.05) is 61.2 Å². The molecule has 218 valence electrons. The Morgan fingerprint density at radius 1 is 0.829 bits per heavy atom. The summed E-state index contributed by atoms with van der Waals surface area (Å²) in [6, 6.07) is 9.75. The average molecular weight is 580 g/mol. The Kier molecular flexibility index (Phi) is 9.61. The van der Waals surface area contributed by atoms with Crippen LogP contribution in [-0.2, 0) is 0 Å². The van der Waals surface area contributed by atoms with Crippen LogP contribution in [0, 0.1) is 13.8 Å². The van der Waals surface area contributed by atoms with Crippen LogP contribution in [0.3, 0.4) is 0 Å². The first-order valence-electron chi connectivity index (χ1n) is 14.3. The zero-order valence-electron chi connectivity index (χ0n) is 24.0. The third-order valence-corrected chi connectivity index (χ3v) is 7.17. The summed E-state index contributed by atoms with van der Waals surface area (Å²) < 4.78 is 17.7. The van der Waals surface area contributed by atoms with E-state index in [-0.39, 0.29) is 0 Å². The molecule has 3 heterocycles. The van der Waals surface area contributed by atoms with Crippen LogP contribution >= 0.6 is 11.6 Å². The lowest BCUT2D eigenvalue weighted by molar-refractivity contribution is 0.208. The number of halogens is 1. The van der Waals surface area contributed by atoms with Crippen molar-refractivity contribution in [3.63, 3.8) is 0 Å². The monoisotopic (exact) mass is 579 g/mol. The van der Waals surface area contributed by atoms with Crippen LogP contribution in [0.4, 0.5) is 17.8 Å². The number of aromatic nitrogens is 3. The summed E-state index contributed by atoms with van der Waals surface area (Å²) in [5.74, 6) is 3.65. The SMILES string of the molecule is CCOc1cc(/C=N/Nc2nc(N3CCCC3)nc(N3CCCC3)n2)cc(Cl)c1OCCOc1cc(C)cc(C)c1. The minimum atomic E-state index is 0.319. The van der Waals surface area contributed by atoms with Gasteiger partial charge in [0, 0.05) is 26.2 Å². The fourth-order valence-electron chi connectivity index (χ4n) is 5.07. The van der Waals surface area contributed by atoms with E-state index in [0.29, 0.717) is 54.2 Å². The molecule has 1 aromatic heterocycles. The second kappa shape index (κ2) is 13.7. The van der Waals surface area contributed by atoms with E-state index in [1.54, 1.807) is 12.3 Å². The first kappa shape index (κ1) is 28.7. The molecule has 3 aromatic rings. The van der Waals surface area contributed by atoms with Crippen LogP contribution in [0.25, 0.3) is 0 Å². The normalized spacial score (nSPS) is 15.1. The van der Waals surface area contributed by atoms with Crippen molar-refractivity contribution in [2.24, 2.45) is 5.10 Å². The second-order valence-electron chi connectivity index (χ2n) is 10.3. The predicted octanol–water partition coefficient (Wildman–Crippen LogP) is 5.64. The molecule has 0 amide bonds. The van der Waals surface area contributed by atoms with E-state index >= 15 is 0 Å². The average Bonchev–Trinajstić information content (AvgIpc) is 3.67. The Bertz CT molecular complexity index is 1300. The molecule has 2 aliphatic heterocycles. The first-order valence-corrected chi connectivity index (χ1v) is 14.7. The molecule has 0 aliphatic carbocycles. The van der Waals surface area contributed by atoms with Gasteiger partial charge in [-0.05, 0) is 87.4 Å². The maximum Gasteiger partial charge on any atom is 0.250 e. The van der Waals surface area contributed by atoms with E-state index in [2.05, 4.69) is 36.4 Å². The fourth-order valence-corrected chi connectivity index (χ4v) is 5.34. The van der Waals surface area contributed by atoms with Crippen LogP contribution in [0.5, 0.6) is 17.2 Å². The minimum absolute atomic E-state index is 0.319. The third-order valence-electron chi connectivity index (χ3n) is 6.89. The van der Waals surface area contributed by atoms with Gasteiger partial charge in [0.25, 0.3) is 0 Å². The van der Waals surface area contributed by atoms with Gasteiger partial charge in [0.05, 0.1) is 17.8 Å². The zero-order chi connectivity index (χ0) is 28.6. The number of hydrogen-bond acceptors (Lipinski definition) is 10. The Morgan fingerprint density at radius 3 is 2.05 bits per heavy atom. The highest BCUT2D eigenvalue weighted by Gasteiger charge is 2.21. The Hall–Kier alpha value is -3.79. The zero-order valence-corrected chi connectivity index (χ0v) is 24.8. The molecule has 5 rings (SSSR count). The topological polar surface area (TPSA) is 97.2 Å². The highest BCUT2D eigenvalue weighted by molar-refractivity contribution is 6.32. The van der Waals surface area contributed by atoms with Gasteiger partial charge in [-0.3, -0.25) is 0 Å². The van der Waals surface area contributed by atoms with Crippen molar-refractivity contribution in [1.29, 1.82) is 0 Å². The molecule has 0 spiro atoms. The maximum atomic E-state index is 6.62. The summed E-state index contributed by atoms with van der Waals surface area (Å²) in [5, 5.41) is 4.83. The lowest BCUT2D eigenvalue weighted by Gasteiger charge is -2.20. The molecule has 0 unspecified atom stereocenters. The largest absolute Gasteiger partial charge is 0.490 e. The number of ether oxygens (including phenoxy) is 3. The standard InChI is InChI=1S/C30H38ClN7O3/c1-4-39-26-19-23(18-25(31)27(26)41-14-13-40-24-16-21(2)15-22(3)17-24)20-32-36-28-33-29(37-9-5-6-10-37)35-30(34-28)38-11-7-8-12-38/h15-20H,4-14H2,1-3H3,(H,33,34,35,36)/b32-20+. The van der Waals surface area contributed by atoms with Crippen molar-refractivity contribution >= 4 is 35.7 Å². The quantitative estimate of drug-likeness (QED) is 0.166. The summed E-state index contributed by atoms with van der Waals surface area (Å²) in [4.78, 5) is 18.4. The summed E-state index contributed by atoms with van der Waals surface area (Å²) in [5.41, 5.74) is 6.06. The van der Waals surface area contributed by atoms with Crippen LogP contribution in [0.15, 0.2) is 35.4 Å². The Labute approximate surface area is 246 Å². The molecule has 2 aliphatic rings. The van der Waals surface area contributed by atoms with Crippen LogP contribution in [0.1, 0.15) is 49.3 Å². The molecule has 1 N–H and O–H groups in total. The number of rotatable bonds is 12. The summed E-state index contributed by atoms with van der Waals surface area (Å²) in [6.07, 6.45) is 6.25. The number of nitrogens with one attached hydrogen (secondary N) is 1. The lowest BCUT2D eigenvalue weighted by atomic mass is 10.1. The Morgan fingerprint density at radius 2 is 1.44 bits per heavy atom. The van der Waals surface area contributed by atoms with Gasteiger partial charge in [0.2, 0.25) is 17.8 Å². The van der Waals surface area contributed by atoms with Gasteiger partial charge in [-0.15, -0.1) is 0 Å². The van der Waals surface area contributed by atoms with Crippen molar-refractivity contribution in [3.05, 3.63) is 52.0 Å². The number of hydrazone groups is 1. The number of aryl methyl sites for hydroxylation is 2. The van der Waals surface area contributed by atoms with Gasteiger partial charge in [0.1, 0.15) is 19.0 Å². The van der Waals surface area contributed by atoms with Gasteiger partial charge in [-0.1, -0.05) is 17.7 Å². The van der Waals surface area contributed by atoms with E-state index in [0.717, 1.165) is 74.3 Å². The highest BCUT2D eigenvalue weighted by atomic mass is 35.5. The first-order chi connectivity index (χ1) is 20.0. The van der Waals surface area contributed by atoms with Crippen LogP contribution in [0.2, 0.25) is 5.02 Å². The lowest BCUT2D eigenvalue weighted by Crippen LogP contribution is -2.25. The summed E-state index contributed by atoms with van der Waals surface area (Å²) in [7, 11) is 0. The molecular formula is C30H38ClN7O3. The molecule has 2 aromatic carbocycles. The predicted molar refractivity (Wildman–Crippen MR) is 163 cm³/mol. The molecular weight excluding hydrogens is 542 g/mol. The molecule has 0 saturated carbocycles. The van der Waals surface area contributed by atoms with Gasteiger partial charge in [0.15, 0.2) is 11.5 Å². The highest BCUT2D eigenvalue weighted by Crippen LogP contribution is 2.36. The molecule has 41 heavy (non-hydrogen) atoms. The molecule has 10 nitrogen and oxygen atoms in total. The van der Waals surface area contributed by atoms with Crippen molar-refractivity contribution in [3.8, 4) is 17.2 Å². The van der Waals surface area contributed by atoms with Gasteiger partial charge >= 0.3 is 0 Å². The summed E-state index contributed by atoms with van der Waals surface area (Å²) >= 11 is 6.62. The van der Waals surface area contributed by atoms with E-state index < -0.39 is 0 Å². The maximum absolute atomic E-state index is 6.62. The molecule has 0 bridgehead atoms. The summed E-state index contributed by atoms with van der Waals surface area (Å²) in [6.45, 7) is 11.0. The van der Waals surface area contributed by atoms with E-state index in [9.17, 15) is 0 Å². The molecule has 0 radical (unpaired) electrons. The number of anilines is 3. The number of benzene rings is 2. The number of hydrogen-bond donors (Lipinski definition) is 1. The fraction of sp³-hybridized carbons (Fsp3) is 0.467. The smallest absolute Gasteiger partial charge is 0.250 e. The van der Waals surface area contributed by atoms with E-state index in [1.165, 1.54) is 0 Å². The molecule has 2 saturated heterocycles. The number of nitrogens with zero attached hydrogens (tertiary/aromatic N) is 6. The van der Waals surface area contributed by atoms with Crippen molar-refractivity contribution < 1.29 is 14.2 Å². The second-order valence-corrected chi connectivity index (χ2v) is 10.7. The Balaban J connectivity index is 1.25. The molecule has 2 fully saturated rings. The van der Waals surface area contributed by atoms with Crippen LogP contribution in [-0.4, -0.2) is 67.2 Å². The molecule has 11 heteroatoms. The van der Waals surface area contributed by atoms with Gasteiger partial charge < -0.3 is 24.0 Å².